The smallest absolute Gasteiger partial charge is 0.254 e. The van der Waals surface area contributed by atoms with Gasteiger partial charge < -0.3 is 9.84 Å². The summed E-state index contributed by atoms with van der Waals surface area (Å²) < 4.78 is 5.24. The Morgan fingerprint density at radius 1 is 1.02 bits per heavy atom. The van der Waals surface area contributed by atoms with Crippen molar-refractivity contribution in [3.63, 3.8) is 0 Å². The number of phenols is 1. The molecule has 2 heterocycles. The van der Waals surface area contributed by atoms with Crippen molar-refractivity contribution in [1.82, 2.24) is 4.90 Å². The molecule has 4 aliphatic rings. The average Bonchev–Trinajstić information content (AvgIpc) is 3.31. The molecule has 11 heteroatoms. The Morgan fingerprint density at radius 2 is 1.73 bits per heavy atom. The quantitative estimate of drug-likeness (QED) is 0.212. The largest absolute Gasteiger partial charge is 0.508 e. The van der Waals surface area contributed by atoms with Crippen molar-refractivity contribution in [2.45, 2.75) is 41.9 Å². The van der Waals surface area contributed by atoms with Gasteiger partial charge in [-0.25, -0.2) is 0 Å². The van der Waals surface area contributed by atoms with Gasteiger partial charge in [-0.3, -0.25) is 29.0 Å². The van der Waals surface area contributed by atoms with E-state index >= 15 is 0 Å². The molecule has 0 radical (unpaired) electrons. The first kappa shape index (κ1) is 28.2. The van der Waals surface area contributed by atoms with Crippen molar-refractivity contribution >= 4 is 68.4 Å². The number of allylic oxidation sites excluding steroid dienone is 2. The first-order chi connectivity index (χ1) is 19.5. The number of hydrogen-bond acceptors (Lipinski definition) is 6. The fourth-order valence-electron chi connectivity index (χ4n) is 7.13. The Kier molecular flexibility index (Phi) is 6.79. The van der Waals surface area contributed by atoms with E-state index in [0.29, 0.717) is 17.0 Å². The van der Waals surface area contributed by atoms with Crippen LogP contribution in [0.1, 0.15) is 36.8 Å². The standard InChI is InChI=1S/C30H27BrCl2N2O6/c1-3-15-4-6-16(7-5-15)35-25(37)20-11-10-18-21(23(20)26(35)38)13-29(32)27(39)34(14-31)28(40)30(29,33)24(18)19-9-8-17(41-2)12-22(19)36/h4-10,12,20-21,23-24,36H,3,11,13-14H2,1-2H3/t20-,21+,23-,24+,29+,30-/m0/s1. The van der Waals surface area contributed by atoms with Gasteiger partial charge in [0.15, 0.2) is 9.75 Å². The van der Waals surface area contributed by atoms with Gasteiger partial charge in [0.2, 0.25) is 11.8 Å². The summed E-state index contributed by atoms with van der Waals surface area (Å²) in [5.74, 6) is -5.07. The number of aryl methyl sites for hydroxylation is 1. The third-order valence-corrected chi connectivity index (χ3v) is 11.1. The molecule has 4 amide bonds. The number of amides is 4. The molecular formula is C30H27BrCl2N2O6. The van der Waals surface area contributed by atoms with Gasteiger partial charge in [-0.2, -0.15) is 0 Å². The van der Waals surface area contributed by atoms with E-state index in [1.54, 1.807) is 24.3 Å². The number of rotatable bonds is 5. The number of ether oxygens (including phenoxy) is 1. The van der Waals surface area contributed by atoms with E-state index in [0.717, 1.165) is 16.9 Å². The average molecular weight is 662 g/mol. The monoisotopic (exact) mass is 660 g/mol. The molecule has 8 nitrogen and oxygen atoms in total. The number of nitrogens with zero attached hydrogens (tertiary/aromatic N) is 2. The third-order valence-electron chi connectivity index (χ3n) is 9.17. The van der Waals surface area contributed by atoms with Crippen molar-refractivity contribution in [1.29, 1.82) is 0 Å². The number of phenolic OH excluding ortho intramolecular Hbond substituents is 1. The lowest BCUT2D eigenvalue weighted by Gasteiger charge is -2.50. The summed E-state index contributed by atoms with van der Waals surface area (Å²) in [5.41, 5.74) is 2.33. The van der Waals surface area contributed by atoms with E-state index in [4.69, 9.17) is 27.9 Å². The molecule has 41 heavy (non-hydrogen) atoms. The third kappa shape index (κ3) is 3.71. The summed E-state index contributed by atoms with van der Waals surface area (Å²) >= 11 is 17.6. The number of anilines is 1. The van der Waals surface area contributed by atoms with E-state index in [1.807, 2.05) is 25.1 Å². The Bertz CT molecular complexity index is 1530. The molecule has 1 N–H and O–H groups in total. The highest BCUT2D eigenvalue weighted by Gasteiger charge is 2.76. The second-order valence-corrected chi connectivity index (χ2v) is 12.7. The van der Waals surface area contributed by atoms with E-state index in [1.165, 1.54) is 18.1 Å². The molecule has 2 aromatic carbocycles. The van der Waals surface area contributed by atoms with Crippen LogP contribution in [0.25, 0.3) is 0 Å². The number of aromatic hydroxyl groups is 1. The molecule has 0 aromatic heterocycles. The number of fused-ring (bicyclic) bond motifs is 4. The van der Waals surface area contributed by atoms with Gasteiger partial charge in [-0.1, -0.05) is 52.7 Å². The molecule has 2 aliphatic carbocycles. The van der Waals surface area contributed by atoms with Crippen LogP contribution in [-0.4, -0.2) is 55.9 Å². The zero-order chi connectivity index (χ0) is 29.4. The zero-order valence-electron chi connectivity index (χ0n) is 22.3. The maximum absolute atomic E-state index is 14.1. The number of halogens is 3. The van der Waals surface area contributed by atoms with Crippen LogP contribution in [0.2, 0.25) is 0 Å². The number of methoxy groups -OCH3 is 1. The van der Waals surface area contributed by atoms with Crippen molar-refractivity contribution in [2.75, 3.05) is 17.5 Å². The van der Waals surface area contributed by atoms with Crippen LogP contribution in [0.5, 0.6) is 11.5 Å². The summed E-state index contributed by atoms with van der Waals surface area (Å²) in [6.07, 6.45) is 2.78. The summed E-state index contributed by atoms with van der Waals surface area (Å²) in [7, 11) is 1.46. The van der Waals surface area contributed by atoms with Crippen LogP contribution in [0.3, 0.4) is 0 Å². The lowest BCUT2D eigenvalue weighted by atomic mass is 9.56. The summed E-state index contributed by atoms with van der Waals surface area (Å²) in [6.45, 7) is 2.02. The van der Waals surface area contributed by atoms with Gasteiger partial charge in [0.25, 0.3) is 11.8 Å². The first-order valence-corrected chi connectivity index (χ1v) is 15.2. The van der Waals surface area contributed by atoms with Crippen LogP contribution in [-0.2, 0) is 25.6 Å². The molecule has 2 aliphatic heterocycles. The predicted molar refractivity (Wildman–Crippen MR) is 156 cm³/mol. The topological polar surface area (TPSA) is 104 Å². The number of hydrogen-bond donors (Lipinski definition) is 1. The lowest BCUT2D eigenvalue weighted by molar-refractivity contribution is -0.138. The molecule has 3 fully saturated rings. The van der Waals surface area contributed by atoms with Crippen LogP contribution >= 0.6 is 39.1 Å². The first-order valence-electron chi connectivity index (χ1n) is 13.4. The molecule has 6 atom stereocenters. The number of carbonyl (C=O) groups is 4. The van der Waals surface area contributed by atoms with Crippen molar-refractivity contribution in [3.8, 4) is 11.5 Å². The van der Waals surface area contributed by atoms with Crippen molar-refractivity contribution in [3.05, 3.63) is 65.2 Å². The molecule has 0 bridgehead atoms. The number of imide groups is 2. The fraction of sp³-hybridized carbons (Fsp3) is 0.400. The maximum atomic E-state index is 14.1. The van der Waals surface area contributed by atoms with E-state index in [-0.39, 0.29) is 41.4 Å². The molecule has 214 valence electrons. The number of alkyl halides is 3. The van der Waals surface area contributed by atoms with Gasteiger partial charge in [0.1, 0.15) is 11.5 Å². The molecular weight excluding hydrogens is 635 g/mol. The summed E-state index contributed by atoms with van der Waals surface area (Å²) in [5, 5.41) is 11.1. The van der Waals surface area contributed by atoms with E-state index in [2.05, 4.69) is 15.9 Å². The minimum atomic E-state index is -1.98. The van der Waals surface area contributed by atoms with Gasteiger partial charge in [0.05, 0.1) is 30.1 Å². The van der Waals surface area contributed by atoms with Crippen molar-refractivity contribution in [2.24, 2.45) is 17.8 Å². The van der Waals surface area contributed by atoms with Crippen LogP contribution < -0.4 is 9.64 Å². The van der Waals surface area contributed by atoms with Crippen LogP contribution in [0, 0.1) is 17.8 Å². The number of likely N-dealkylation sites (tertiary alicyclic amines) is 1. The highest BCUT2D eigenvalue weighted by atomic mass is 79.9. The van der Waals surface area contributed by atoms with Gasteiger partial charge in [-0.15, -0.1) is 23.2 Å². The van der Waals surface area contributed by atoms with Crippen molar-refractivity contribution < 1.29 is 29.0 Å². The molecule has 1 saturated carbocycles. The molecule has 6 rings (SSSR count). The second-order valence-electron chi connectivity index (χ2n) is 10.9. The number of carbonyl (C=O) groups excluding carboxylic acids is 4. The maximum Gasteiger partial charge on any atom is 0.254 e. The van der Waals surface area contributed by atoms with Gasteiger partial charge >= 0.3 is 0 Å². The minimum absolute atomic E-state index is 0.117. The molecule has 0 unspecified atom stereocenters. The minimum Gasteiger partial charge on any atom is -0.508 e. The normalized spacial score (nSPS) is 32.6. The highest BCUT2D eigenvalue weighted by Crippen LogP contribution is 2.66. The second kappa shape index (κ2) is 9.85. The Balaban J connectivity index is 1.50. The fourth-order valence-corrected chi connectivity index (χ4v) is 8.55. The zero-order valence-corrected chi connectivity index (χ0v) is 25.4. The van der Waals surface area contributed by atoms with Gasteiger partial charge in [-0.05, 0) is 48.9 Å². The Morgan fingerprint density at radius 3 is 2.34 bits per heavy atom. The van der Waals surface area contributed by atoms with Gasteiger partial charge in [0, 0.05) is 17.5 Å². The van der Waals surface area contributed by atoms with E-state index in [9.17, 15) is 24.3 Å². The predicted octanol–water partition coefficient (Wildman–Crippen LogP) is 4.88. The molecule has 2 saturated heterocycles. The van der Waals surface area contributed by atoms with Crippen LogP contribution in [0.4, 0.5) is 5.69 Å². The Labute approximate surface area is 255 Å². The highest BCUT2D eigenvalue weighted by molar-refractivity contribution is 9.09. The summed E-state index contributed by atoms with van der Waals surface area (Å²) in [6, 6.07) is 11.9. The summed E-state index contributed by atoms with van der Waals surface area (Å²) in [4.78, 5) is 53.6. The van der Waals surface area contributed by atoms with Crippen LogP contribution in [0.15, 0.2) is 54.1 Å². The molecule has 0 spiro atoms. The lowest BCUT2D eigenvalue weighted by Crippen LogP contribution is -2.60. The Hall–Kier alpha value is -2.88. The van der Waals surface area contributed by atoms with E-state index < -0.39 is 45.2 Å². The SMILES string of the molecule is CCc1ccc(N2C(=O)[C@H]3[C@H](CC=C4[C@H]3C[C@@]3(Cl)C(=O)N(CBr)C(=O)[C@@]3(Cl)[C@H]4c3ccc(OC)cc3O)C2=O)cc1. The number of benzene rings is 2. The molecule has 2 aromatic rings.